The van der Waals surface area contributed by atoms with Crippen LogP contribution in [0.4, 0.5) is 0 Å². The quantitative estimate of drug-likeness (QED) is 0.399. The monoisotopic (exact) mass is 473 g/mol. The molecule has 35 heavy (non-hydrogen) atoms. The lowest BCUT2D eigenvalue weighted by Crippen LogP contribution is -2.70. The van der Waals surface area contributed by atoms with Gasteiger partial charge in [-0.25, -0.2) is 0 Å². The van der Waals surface area contributed by atoms with E-state index in [0.717, 1.165) is 27.9 Å². The highest BCUT2D eigenvalue weighted by Gasteiger charge is 2.59. The van der Waals surface area contributed by atoms with Crippen LogP contribution in [0.25, 0.3) is 0 Å². The highest BCUT2D eigenvalue weighted by atomic mass is 16.3. The van der Waals surface area contributed by atoms with Crippen LogP contribution in [0.2, 0.25) is 0 Å². The Bertz CT molecular complexity index is 1340. The number of phenolic OH excluding ortho intramolecular Hbond substituents is 1. The Balaban J connectivity index is 1.54. The molecule has 7 nitrogen and oxygen atoms in total. The Kier molecular flexibility index (Phi) is 5.77. The number of H-pyrrole nitrogens is 1. The van der Waals surface area contributed by atoms with Gasteiger partial charge in [-0.15, -0.1) is 0 Å². The van der Waals surface area contributed by atoms with E-state index in [0.29, 0.717) is 25.9 Å². The van der Waals surface area contributed by atoms with Crippen molar-refractivity contribution in [1.82, 2.24) is 15.6 Å². The minimum atomic E-state index is -1.17. The summed E-state index contributed by atoms with van der Waals surface area (Å²) in [7, 11) is 0. The van der Waals surface area contributed by atoms with Crippen molar-refractivity contribution in [2.24, 2.45) is 0 Å². The molecule has 1 aromatic heterocycles. The average Bonchev–Trinajstić information content (AvgIpc) is 2.84. The third-order valence-electron chi connectivity index (χ3n) is 7.98. The maximum absolute atomic E-state index is 13.0. The zero-order chi connectivity index (χ0) is 24.8. The molecule has 2 heterocycles. The number of carbonyl (C=O) groups is 1. The number of amides is 1. The number of aryl methyl sites for hydroxylation is 1. The molecule has 0 saturated carbocycles. The van der Waals surface area contributed by atoms with Gasteiger partial charge in [0.05, 0.1) is 5.60 Å². The van der Waals surface area contributed by atoms with E-state index in [9.17, 15) is 19.8 Å². The summed E-state index contributed by atoms with van der Waals surface area (Å²) in [6, 6.07) is 16.2. The van der Waals surface area contributed by atoms with E-state index in [2.05, 4.69) is 15.6 Å². The van der Waals surface area contributed by atoms with Crippen LogP contribution in [0, 0.1) is 6.92 Å². The number of aromatic hydroxyl groups is 1. The number of fused-ring (bicyclic) bond motifs is 2. The molecule has 5 rings (SSSR count). The predicted octanol–water partition coefficient (Wildman–Crippen LogP) is 2.47. The Labute approximate surface area is 204 Å². The summed E-state index contributed by atoms with van der Waals surface area (Å²) in [5, 5.41) is 28.7. The maximum atomic E-state index is 13.0. The number of hydrogen-bond acceptors (Lipinski definition) is 5. The third-order valence-corrected chi connectivity index (χ3v) is 7.98. The first kappa shape index (κ1) is 23.3. The Morgan fingerprint density at radius 3 is 2.69 bits per heavy atom. The number of piperidine rings is 1. The Hall–Kier alpha value is -3.42. The molecule has 2 aromatic carbocycles. The van der Waals surface area contributed by atoms with E-state index in [1.54, 1.807) is 18.2 Å². The average molecular weight is 474 g/mol. The minimum Gasteiger partial charge on any atom is -0.508 e. The molecule has 2 aliphatic rings. The van der Waals surface area contributed by atoms with Gasteiger partial charge in [0, 0.05) is 36.5 Å². The zero-order valence-electron chi connectivity index (χ0n) is 20.0. The molecule has 1 fully saturated rings. The highest BCUT2D eigenvalue weighted by molar-refractivity contribution is 5.94. The molecular formula is C28H31N3O4. The molecule has 3 atom stereocenters. The van der Waals surface area contributed by atoms with Crippen LogP contribution >= 0.6 is 0 Å². The van der Waals surface area contributed by atoms with Crippen LogP contribution in [0.15, 0.2) is 59.4 Å². The molecule has 3 aromatic rings. The van der Waals surface area contributed by atoms with Crippen molar-refractivity contribution in [2.75, 3.05) is 6.54 Å². The number of pyridine rings is 1. The van der Waals surface area contributed by atoms with Crippen molar-refractivity contribution in [3.8, 4) is 5.75 Å². The number of hydrogen-bond donors (Lipinski definition) is 5. The first-order chi connectivity index (χ1) is 16.7. The number of carbonyl (C=O) groups excluding carboxylic acids is 1. The third kappa shape index (κ3) is 3.85. The van der Waals surface area contributed by atoms with Gasteiger partial charge in [-0.05, 0) is 67.3 Å². The summed E-state index contributed by atoms with van der Waals surface area (Å²) in [6.07, 6.45) is 1.34. The number of aliphatic hydroxyl groups is 1. The first-order valence-corrected chi connectivity index (χ1v) is 12.1. The van der Waals surface area contributed by atoms with Crippen LogP contribution in [-0.4, -0.2) is 39.3 Å². The fraction of sp³-hybridized carbons (Fsp3) is 0.357. The lowest BCUT2D eigenvalue weighted by molar-refractivity contribution is -0.0944. The normalized spacial score (nSPS) is 25.4. The maximum Gasteiger partial charge on any atom is 0.261 e. The van der Waals surface area contributed by atoms with Crippen molar-refractivity contribution in [2.45, 2.75) is 56.7 Å². The molecular weight excluding hydrogens is 442 g/mol. The SMILES string of the molecule is Cc1ccc(O)cc1C12CCNC(C)C1(O)Cc1cc(C(=O)NCc3ccccc3)c(=O)[nH]c1C2. The molecule has 1 saturated heterocycles. The van der Waals surface area contributed by atoms with E-state index in [1.807, 2.05) is 50.2 Å². The number of benzene rings is 2. The zero-order valence-corrected chi connectivity index (χ0v) is 20.0. The molecule has 182 valence electrons. The molecule has 5 N–H and O–H groups in total. The predicted molar refractivity (Wildman–Crippen MR) is 134 cm³/mol. The van der Waals surface area contributed by atoms with Gasteiger partial charge in [-0.2, -0.15) is 0 Å². The molecule has 1 amide bonds. The Morgan fingerprint density at radius 2 is 1.91 bits per heavy atom. The summed E-state index contributed by atoms with van der Waals surface area (Å²) in [6.45, 7) is 4.98. The van der Waals surface area contributed by atoms with E-state index >= 15 is 0 Å². The van der Waals surface area contributed by atoms with E-state index in [1.165, 1.54) is 0 Å². The second-order valence-electron chi connectivity index (χ2n) is 9.97. The van der Waals surface area contributed by atoms with Crippen LogP contribution in [0.1, 0.15) is 51.7 Å². The topological polar surface area (TPSA) is 114 Å². The Morgan fingerprint density at radius 1 is 1.14 bits per heavy atom. The van der Waals surface area contributed by atoms with Crippen molar-refractivity contribution in [3.63, 3.8) is 0 Å². The van der Waals surface area contributed by atoms with E-state index in [-0.39, 0.29) is 23.8 Å². The summed E-state index contributed by atoms with van der Waals surface area (Å²) < 4.78 is 0. The molecule has 0 radical (unpaired) electrons. The van der Waals surface area contributed by atoms with Gasteiger partial charge < -0.3 is 25.8 Å². The fourth-order valence-electron chi connectivity index (χ4n) is 6.02. The summed E-state index contributed by atoms with van der Waals surface area (Å²) in [4.78, 5) is 28.8. The number of phenols is 1. The molecule has 0 bridgehead atoms. The van der Waals surface area contributed by atoms with Crippen molar-refractivity contribution < 1.29 is 15.0 Å². The van der Waals surface area contributed by atoms with Gasteiger partial charge in [0.25, 0.3) is 11.5 Å². The first-order valence-electron chi connectivity index (χ1n) is 12.1. The number of aromatic amines is 1. The molecule has 0 spiro atoms. The number of nitrogens with one attached hydrogen (secondary N) is 3. The molecule has 1 aliphatic heterocycles. The smallest absolute Gasteiger partial charge is 0.261 e. The van der Waals surface area contributed by atoms with Gasteiger partial charge in [0.2, 0.25) is 0 Å². The van der Waals surface area contributed by atoms with Crippen LogP contribution in [0.3, 0.4) is 0 Å². The fourth-order valence-corrected chi connectivity index (χ4v) is 6.02. The molecule has 1 aliphatic carbocycles. The second-order valence-corrected chi connectivity index (χ2v) is 9.97. The lowest BCUT2D eigenvalue weighted by atomic mass is 9.53. The number of rotatable bonds is 4. The summed E-state index contributed by atoms with van der Waals surface area (Å²) in [5.74, 6) is -0.293. The van der Waals surface area contributed by atoms with Gasteiger partial charge in [-0.3, -0.25) is 9.59 Å². The van der Waals surface area contributed by atoms with Crippen molar-refractivity contribution in [1.29, 1.82) is 0 Å². The summed E-state index contributed by atoms with van der Waals surface area (Å²) in [5.41, 5.74) is 2.06. The van der Waals surface area contributed by atoms with Crippen LogP contribution < -0.4 is 16.2 Å². The van der Waals surface area contributed by atoms with Gasteiger partial charge in [0.15, 0.2) is 0 Å². The summed E-state index contributed by atoms with van der Waals surface area (Å²) >= 11 is 0. The number of aromatic nitrogens is 1. The van der Waals surface area contributed by atoms with Gasteiger partial charge in [-0.1, -0.05) is 36.4 Å². The van der Waals surface area contributed by atoms with E-state index in [4.69, 9.17) is 0 Å². The second kappa shape index (κ2) is 8.66. The van der Waals surface area contributed by atoms with Crippen molar-refractivity contribution in [3.05, 3.63) is 98.5 Å². The molecule has 7 heteroatoms. The lowest BCUT2D eigenvalue weighted by Gasteiger charge is -2.57. The standard InChI is InChI=1S/C28H31N3O4/c1-17-8-9-21(32)13-23(17)27-10-11-29-18(2)28(27,35)14-20-12-22(26(34)31-24(20)15-27)25(33)30-16-19-6-4-3-5-7-19/h3-9,12-13,18,29,32,35H,10-11,14-16H2,1-2H3,(H,30,33)(H,31,34). The van der Waals surface area contributed by atoms with E-state index < -0.39 is 22.5 Å². The van der Waals surface area contributed by atoms with Crippen LogP contribution in [0.5, 0.6) is 5.75 Å². The minimum absolute atomic E-state index is 0.0424. The highest BCUT2D eigenvalue weighted by Crippen LogP contribution is 2.51. The van der Waals surface area contributed by atoms with Gasteiger partial charge in [0.1, 0.15) is 11.3 Å². The van der Waals surface area contributed by atoms with Gasteiger partial charge >= 0.3 is 0 Å². The van der Waals surface area contributed by atoms with Crippen molar-refractivity contribution >= 4 is 5.91 Å². The molecule has 3 unspecified atom stereocenters. The van der Waals surface area contributed by atoms with Crippen LogP contribution in [-0.2, 0) is 24.8 Å². The largest absolute Gasteiger partial charge is 0.508 e.